The van der Waals surface area contributed by atoms with Crippen LogP contribution >= 0.6 is 0 Å². The van der Waals surface area contributed by atoms with Gasteiger partial charge in [-0.1, -0.05) is 42.5 Å². The number of carbonyl (C=O) groups is 2. The predicted molar refractivity (Wildman–Crippen MR) is 151 cm³/mol. The zero-order valence-corrected chi connectivity index (χ0v) is 24.0. The first kappa shape index (κ1) is 29.8. The van der Waals surface area contributed by atoms with E-state index in [2.05, 4.69) is 5.32 Å². The van der Waals surface area contributed by atoms with Crippen molar-refractivity contribution in [1.82, 2.24) is 10.2 Å². The van der Waals surface area contributed by atoms with E-state index < -0.39 is 39.9 Å². The molecule has 39 heavy (non-hydrogen) atoms. The Labute approximate surface area is 230 Å². The Bertz CT molecular complexity index is 1420. The summed E-state index contributed by atoms with van der Waals surface area (Å²) in [6.45, 7) is 10.2. The summed E-state index contributed by atoms with van der Waals surface area (Å²) in [5.74, 6) is -1.39. The molecule has 0 bridgehead atoms. The van der Waals surface area contributed by atoms with Crippen LogP contribution in [0.3, 0.4) is 0 Å². The second kappa shape index (κ2) is 12.0. The maximum absolute atomic E-state index is 13.9. The number of rotatable bonds is 9. The van der Waals surface area contributed by atoms with E-state index in [0.29, 0.717) is 16.8 Å². The van der Waals surface area contributed by atoms with Crippen LogP contribution in [0.15, 0.2) is 77.7 Å². The van der Waals surface area contributed by atoms with Crippen molar-refractivity contribution in [2.24, 2.45) is 0 Å². The fourth-order valence-electron chi connectivity index (χ4n) is 4.06. The first-order chi connectivity index (χ1) is 18.2. The monoisotopic (exact) mass is 553 g/mol. The molecule has 3 aromatic rings. The molecule has 0 aliphatic carbocycles. The normalized spacial score (nSPS) is 12.5. The highest BCUT2D eigenvalue weighted by atomic mass is 32.2. The van der Waals surface area contributed by atoms with Crippen molar-refractivity contribution < 1.29 is 22.4 Å². The molecule has 0 aliphatic heterocycles. The molecular formula is C30H36FN3O4S. The van der Waals surface area contributed by atoms with Crippen LogP contribution in [0.5, 0.6) is 0 Å². The van der Waals surface area contributed by atoms with E-state index in [1.165, 1.54) is 41.3 Å². The van der Waals surface area contributed by atoms with Crippen molar-refractivity contribution in [1.29, 1.82) is 0 Å². The molecule has 3 rings (SSSR count). The van der Waals surface area contributed by atoms with Gasteiger partial charge in [-0.25, -0.2) is 12.8 Å². The molecule has 0 saturated carbocycles. The molecule has 0 heterocycles. The molecule has 1 atom stereocenters. The molecule has 2 amide bonds. The van der Waals surface area contributed by atoms with Gasteiger partial charge in [-0.05, 0) is 88.6 Å². The van der Waals surface area contributed by atoms with Crippen molar-refractivity contribution >= 4 is 27.5 Å². The third-order valence-corrected chi connectivity index (χ3v) is 7.95. The van der Waals surface area contributed by atoms with Gasteiger partial charge in [0.2, 0.25) is 11.8 Å². The number of hydrogen-bond donors (Lipinski definition) is 1. The number of amides is 2. The van der Waals surface area contributed by atoms with Crippen LogP contribution in [0.1, 0.15) is 44.4 Å². The number of hydrogen-bond acceptors (Lipinski definition) is 4. The number of anilines is 1. The zero-order chi connectivity index (χ0) is 29.0. The molecule has 0 spiro atoms. The van der Waals surface area contributed by atoms with Crippen LogP contribution in [0.25, 0.3) is 0 Å². The second-order valence-electron chi connectivity index (χ2n) is 10.7. The first-order valence-corrected chi connectivity index (χ1v) is 14.1. The fraction of sp³-hybridized carbons (Fsp3) is 0.333. The Hall–Kier alpha value is -3.72. The molecule has 9 heteroatoms. The quantitative estimate of drug-likeness (QED) is 0.405. The number of benzene rings is 3. The molecule has 0 unspecified atom stereocenters. The molecule has 0 aliphatic rings. The number of aryl methyl sites for hydroxylation is 2. The lowest BCUT2D eigenvalue weighted by atomic mass is 10.1. The van der Waals surface area contributed by atoms with Crippen LogP contribution < -0.4 is 9.62 Å². The Kier molecular flexibility index (Phi) is 9.17. The lowest BCUT2D eigenvalue weighted by Crippen LogP contribution is -2.54. The minimum atomic E-state index is -4.14. The third-order valence-electron chi connectivity index (χ3n) is 6.18. The maximum Gasteiger partial charge on any atom is 0.264 e. The van der Waals surface area contributed by atoms with Crippen LogP contribution in [0.2, 0.25) is 0 Å². The highest BCUT2D eigenvalue weighted by Crippen LogP contribution is 2.28. The third kappa shape index (κ3) is 7.66. The zero-order valence-electron chi connectivity index (χ0n) is 23.2. The number of nitrogens with one attached hydrogen (secondary N) is 1. The Morgan fingerprint density at radius 2 is 1.56 bits per heavy atom. The molecule has 0 aromatic heterocycles. The van der Waals surface area contributed by atoms with Crippen molar-refractivity contribution in [3.63, 3.8) is 0 Å². The fourth-order valence-corrected chi connectivity index (χ4v) is 5.56. The van der Waals surface area contributed by atoms with E-state index in [-0.39, 0.29) is 17.3 Å². The smallest absolute Gasteiger partial charge is 0.264 e. The van der Waals surface area contributed by atoms with Gasteiger partial charge in [-0.15, -0.1) is 0 Å². The summed E-state index contributed by atoms with van der Waals surface area (Å²) in [6, 6.07) is 18.0. The van der Waals surface area contributed by atoms with E-state index in [0.717, 1.165) is 9.87 Å². The summed E-state index contributed by atoms with van der Waals surface area (Å²) < 4.78 is 42.4. The van der Waals surface area contributed by atoms with E-state index in [1.54, 1.807) is 44.2 Å². The van der Waals surface area contributed by atoms with Crippen LogP contribution in [0.4, 0.5) is 10.1 Å². The lowest BCUT2D eigenvalue weighted by Gasteiger charge is -2.34. The predicted octanol–water partition coefficient (Wildman–Crippen LogP) is 4.97. The second-order valence-corrected chi connectivity index (χ2v) is 12.5. The topological polar surface area (TPSA) is 86.8 Å². The molecule has 208 valence electrons. The summed E-state index contributed by atoms with van der Waals surface area (Å²) in [5, 5.41) is 2.88. The summed E-state index contributed by atoms with van der Waals surface area (Å²) >= 11 is 0. The van der Waals surface area contributed by atoms with E-state index in [1.807, 2.05) is 33.8 Å². The van der Waals surface area contributed by atoms with E-state index in [9.17, 15) is 22.4 Å². The Balaban J connectivity index is 2.06. The average Bonchev–Trinajstić information content (AvgIpc) is 2.87. The number of nitrogens with zero attached hydrogens (tertiary/aromatic N) is 2. The van der Waals surface area contributed by atoms with Gasteiger partial charge in [0, 0.05) is 12.1 Å². The summed E-state index contributed by atoms with van der Waals surface area (Å²) in [6.07, 6.45) is 0. The summed E-state index contributed by atoms with van der Waals surface area (Å²) in [7, 11) is -4.14. The summed E-state index contributed by atoms with van der Waals surface area (Å²) in [5.41, 5.74) is 1.94. The van der Waals surface area contributed by atoms with Crippen molar-refractivity contribution in [2.75, 3.05) is 10.8 Å². The van der Waals surface area contributed by atoms with Gasteiger partial charge in [0.25, 0.3) is 10.0 Å². The average molecular weight is 554 g/mol. The van der Waals surface area contributed by atoms with Gasteiger partial charge in [0.05, 0.1) is 10.6 Å². The lowest BCUT2D eigenvalue weighted by molar-refractivity contribution is -0.140. The van der Waals surface area contributed by atoms with E-state index in [4.69, 9.17) is 0 Å². The highest BCUT2D eigenvalue weighted by Gasteiger charge is 2.33. The SMILES string of the molecule is Cc1ccc(C)c(N(CC(=O)N(Cc2ccc(F)cc2)[C@@H](C)C(=O)NC(C)(C)C)S(=O)(=O)c2ccccc2)c1. The van der Waals surface area contributed by atoms with Gasteiger partial charge < -0.3 is 10.2 Å². The van der Waals surface area contributed by atoms with Crippen LogP contribution in [-0.2, 0) is 26.2 Å². The van der Waals surface area contributed by atoms with Crippen molar-refractivity contribution in [2.45, 2.75) is 64.6 Å². The number of sulfonamides is 1. The summed E-state index contributed by atoms with van der Waals surface area (Å²) in [4.78, 5) is 28.4. The molecule has 0 fully saturated rings. The Morgan fingerprint density at radius 3 is 2.15 bits per heavy atom. The van der Waals surface area contributed by atoms with Crippen LogP contribution in [-0.4, -0.2) is 43.3 Å². The molecule has 0 saturated heterocycles. The van der Waals surface area contributed by atoms with Gasteiger partial charge in [0.1, 0.15) is 18.4 Å². The van der Waals surface area contributed by atoms with E-state index >= 15 is 0 Å². The van der Waals surface area contributed by atoms with Crippen LogP contribution in [0, 0.1) is 19.7 Å². The molecule has 1 N–H and O–H groups in total. The number of halogens is 1. The Morgan fingerprint density at radius 1 is 0.949 bits per heavy atom. The van der Waals surface area contributed by atoms with Gasteiger partial charge in [0.15, 0.2) is 0 Å². The molecular weight excluding hydrogens is 517 g/mol. The molecule has 3 aromatic carbocycles. The van der Waals surface area contributed by atoms with Gasteiger partial charge >= 0.3 is 0 Å². The van der Waals surface area contributed by atoms with Gasteiger partial charge in [-0.2, -0.15) is 0 Å². The maximum atomic E-state index is 13.9. The highest BCUT2D eigenvalue weighted by molar-refractivity contribution is 7.92. The molecule has 7 nitrogen and oxygen atoms in total. The van der Waals surface area contributed by atoms with Crippen molar-refractivity contribution in [3.05, 3.63) is 95.3 Å². The first-order valence-electron chi connectivity index (χ1n) is 12.7. The standard InChI is InChI=1S/C30H36FN3O4S/c1-21-12-13-22(2)27(18-21)34(39(37,38)26-10-8-7-9-11-26)20-28(35)33(19-24-14-16-25(31)17-15-24)23(3)29(36)32-30(4,5)6/h7-18,23H,19-20H2,1-6H3,(H,32,36)/t23-/m0/s1. The minimum Gasteiger partial charge on any atom is -0.350 e. The van der Waals surface area contributed by atoms with Gasteiger partial charge in [-0.3, -0.25) is 13.9 Å². The van der Waals surface area contributed by atoms with Crippen molar-refractivity contribution in [3.8, 4) is 0 Å². The largest absolute Gasteiger partial charge is 0.350 e. The molecule has 0 radical (unpaired) electrons. The minimum absolute atomic E-state index is 0.0101. The number of carbonyl (C=O) groups excluding carboxylic acids is 2.